The summed E-state index contributed by atoms with van der Waals surface area (Å²) < 4.78 is 11.4. The summed E-state index contributed by atoms with van der Waals surface area (Å²) in [5.74, 6) is 0.724. The van der Waals surface area contributed by atoms with Gasteiger partial charge >= 0.3 is 0 Å². The van der Waals surface area contributed by atoms with E-state index in [1.807, 2.05) is 66.7 Å². The molecular weight excluding hydrogens is 446 g/mol. The van der Waals surface area contributed by atoms with E-state index in [0.717, 1.165) is 53.8 Å². The molecule has 3 aromatic rings. The lowest BCUT2D eigenvalue weighted by Crippen LogP contribution is -2.38. The Balaban J connectivity index is 1.22. The van der Waals surface area contributed by atoms with E-state index < -0.39 is 0 Å². The maximum Gasteiger partial charge on any atom is 0.251 e. The number of nitrogens with zero attached hydrogens (tertiary/aromatic N) is 2. The summed E-state index contributed by atoms with van der Waals surface area (Å²) in [6.07, 6.45) is 3.94. The van der Waals surface area contributed by atoms with Crippen LogP contribution in [0, 0.1) is 0 Å². The highest BCUT2D eigenvalue weighted by molar-refractivity contribution is 7.99. The molecule has 1 amide bonds. The highest BCUT2D eigenvalue weighted by Crippen LogP contribution is 2.25. The van der Waals surface area contributed by atoms with Crippen LogP contribution in [0.5, 0.6) is 5.75 Å². The number of likely N-dealkylation sites (N-methyl/N-ethyl adjacent to an activating group) is 1. The van der Waals surface area contributed by atoms with Gasteiger partial charge in [-0.25, -0.2) is 4.98 Å². The molecule has 2 heterocycles. The maximum atomic E-state index is 12.6. The number of hydrogen-bond donors (Lipinski definition) is 1. The van der Waals surface area contributed by atoms with E-state index in [1.165, 1.54) is 0 Å². The van der Waals surface area contributed by atoms with Crippen LogP contribution in [0.15, 0.2) is 82.8 Å². The number of benzene rings is 2. The van der Waals surface area contributed by atoms with Gasteiger partial charge < -0.3 is 14.8 Å². The van der Waals surface area contributed by atoms with E-state index in [0.29, 0.717) is 24.8 Å². The smallest absolute Gasteiger partial charge is 0.251 e. The number of aromatic nitrogens is 1. The van der Waals surface area contributed by atoms with Crippen LogP contribution in [-0.2, 0) is 11.3 Å². The third kappa shape index (κ3) is 7.32. The van der Waals surface area contributed by atoms with Crippen molar-refractivity contribution in [3.8, 4) is 5.75 Å². The Morgan fingerprint density at radius 1 is 1.12 bits per heavy atom. The minimum absolute atomic E-state index is 0.0983. The molecule has 1 fully saturated rings. The third-order valence-electron chi connectivity index (χ3n) is 5.86. The van der Waals surface area contributed by atoms with Crippen LogP contribution in [0.4, 0.5) is 0 Å². The van der Waals surface area contributed by atoms with Crippen LogP contribution in [0.2, 0.25) is 0 Å². The van der Waals surface area contributed by atoms with Crippen molar-refractivity contribution in [3.63, 3.8) is 0 Å². The van der Waals surface area contributed by atoms with E-state index >= 15 is 0 Å². The van der Waals surface area contributed by atoms with Crippen molar-refractivity contribution in [2.45, 2.75) is 35.3 Å². The molecule has 0 spiro atoms. The molecule has 1 saturated heterocycles. The normalized spacial score (nSPS) is 14.2. The molecule has 1 N–H and O–H groups in total. The lowest BCUT2D eigenvalue weighted by molar-refractivity contribution is 0.0392. The second-order valence-corrected chi connectivity index (χ2v) is 9.39. The van der Waals surface area contributed by atoms with Gasteiger partial charge in [-0.1, -0.05) is 30.0 Å². The Morgan fingerprint density at radius 3 is 2.71 bits per heavy atom. The summed E-state index contributed by atoms with van der Waals surface area (Å²) >= 11 is 1.57. The van der Waals surface area contributed by atoms with Gasteiger partial charge in [-0.05, 0) is 74.0 Å². The quantitative estimate of drug-likeness (QED) is 0.459. The molecule has 178 valence electrons. The first kappa shape index (κ1) is 24.3. The fourth-order valence-corrected chi connectivity index (χ4v) is 4.62. The molecule has 0 atom stereocenters. The number of ether oxygens (including phenoxy) is 2. The molecule has 4 rings (SSSR count). The molecule has 7 heteroatoms. The molecule has 0 bridgehead atoms. The van der Waals surface area contributed by atoms with Crippen LogP contribution in [0.1, 0.15) is 28.8 Å². The minimum Gasteiger partial charge on any atom is -0.492 e. The Hall–Kier alpha value is -2.87. The van der Waals surface area contributed by atoms with Crippen LogP contribution in [0.25, 0.3) is 0 Å². The number of pyridine rings is 1. The highest BCUT2D eigenvalue weighted by atomic mass is 32.2. The van der Waals surface area contributed by atoms with E-state index in [9.17, 15) is 4.79 Å². The zero-order valence-electron chi connectivity index (χ0n) is 19.5. The average molecular weight is 478 g/mol. The highest BCUT2D eigenvalue weighted by Gasteiger charge is 2.18. The fraction of sp³-hybridized carbons (Fsp3) is 0.333. The van der Waals surface area contributed by atoms with Crippen molar-refractivity contribution in [1.29, 1.82) is 0 Å². The first-order valence-electron chi connectivity index (χ1n) is 11.6. The number of carbonyl (C=O) groups excluding carboxylic acids is 1. The summed E-state index contributed by atoms with van der Waals surface area (Å²) in [5, 5.41) is 3.92. The second kappa shape index (κ2) is 12.6. The molecule has 0 saturated carbocycles. The first-order chi connectivity index (χ1) is 16.7. The summed E-state index contributed by atoms with van der Waals surface area (Å²) in [7, 11) is 2.15. The van der Waals surface area contributed by atoms with Gasteiger partial charge in [0.1, 0.15) is 17.4 Å². The van der Waals surface area contributed by atoms with Crippen molar-refractivity contribution in [2.75, 3.05) is 33.4 Å². The van der Waals surface area contributed by atoms with Crippen molar-refractivity contribution in [2.24, 2.45) is 0 Å². The van der Waals surface area contributed by atoms with Gasteiger partial charge in [0.25, 0.3) is 5.91 Å². The zero-order valence-corrected chi connectivity index (χ0v) is 20.3. The minimum atomic E-state index is -0.0983. The molecule has 2 aromatic carbocycles. The van der Waals surface area contributed by atoms with Crippen molar-refractivity contribution in [1.82, 2.24) is 15.2 Å². The molecule has 1 aromatic heterocycles. The van der Waals surface area contributed by atoms with Gasteiger partial charge in [0.15, 0.2) is 0 Å². The summed E-state index contributed by atoms with van der Waals surface area (Å²) in [5.41, 5.74) is 1.64. The van der Waals surface area contributed by atoms with Gasteiger partial charge in [0, 0.05) is 49.0 Å². The fourth-order valence-electron chi connectivity index (χ4n) is 3.85. The molecule has 34 heavy (non-hydrogen) atoms. The van der Waals surface area contributed by atoms with E-state index in [1.54, 1.807) is 18.0 Å². The Labute approximate surface area is 205 Å². The average Bonchev–Trinajstić information content (AvgIpc) is 2.89. The second-order valence-electron chi connectivity index (χ2n) is 8.30. The molecule has 0 aliphatic carbocycles. The van der Waals surface area contributed by atoms with Crippen molar-refractivity contribution < 1.29 is 14.3 Å². The zero-order chi connectivity index (χ0) is 23.6. The Bertz CT molecular complexity index is 1040. The van der Waals surface area contributed by atoms with Crippen LogP contribution in [-0.4, -0.2) is 55.2 Å². The predicted molar refractivity (Wildman–Crippen MR) is 134 cm³/mol. The standard InChI is InChI=1S/C27H31N3O3S/c1-30(23-12-16-32-17-13-23)15-18-33-24-6-4-5-21(19-24)20-29-27(31)22-8-10-25(11-9-22)34-26-7-2-3-14-28-26/h2-11,14,19,23H,12-13,15-18,20H2,1H3,(H,29,31). The van der Waals surface area contributed by atoms with E-state index in [2.05, 4.69) is 22.2 Å². The molecule has 0 unspecified atom stereocenters. The van der Waals surface area contributed by atoms with Gasteiger partial charge in [-0.3, -0.25) is 9.69 Å². The topological polar surface area (TPSA) is 63.7 Å². The first-order valence-corrected chi connectivity index (χ1v) is 12.5. The molecule has 1 aliphatic heterocycles. The monoisotopic (exact) mass is 477 g/mol. The van der Waals surface area contributed by atoms with Gasteiger partial charge in [0.2, 0.25) is 0 Å². The van der Waals surface area contributed by atoms with Crippen LogP contribution >= 0.6 is 11.8 Å². The van der Waals surface area contributed by atoms with Gasteiger partial charge in [-0.2, -0.15) is 0 Å². The van der Waals surface area contributed by atoms with Crippen LogP contribution in [0.3, 0.4) is 0 Å². The number of carbonyl (C=O) groups is 1. The van der Waals surface area contributed by atoms with Gasteiger partial charge in [0.05, 0.1) is 0 Å². The summed E-state index contributed by atoms with van der Waals surface area (Å²) in [6, 6.07) is 21.9. The molecule has 1 aliphatic rings. The Kier molecular flexibility index (Phi) is 8.96. The molecular formula is C27H31N3O3S. The largest absolute Gasteiger partial charge is 0.492 e. The lowest BCUT2D eigenvalue weighted by Gasteiger charge is -2.31. The summed E-state index contributed by atoms with van der Waals surface area (Å²) in [4.78, 5) is 20.3. The molecule has 6 nitrogen and oxygen atoms in total. The van der Waals surface area contributed by atoms with E-state index in [-0.39, 0.29) is 5.91 Å². The number of nitrogens with one attached hydrogen (secondary N) is 1. The maximum absolute atomic E-state index is 12.6. The number of rotatable bonds is 10. The van der Waals surface area contributed by atoms with Gasteiger partial charge in [-0.15, -0.1) is 0 Å². The third-order valence-corrected chi connectivity index (χ3v) is 6.81. The Morgan fingerprint density at radius 2 is 1.94 bits per heavy atom. The number of amides is 1. The lowest BCUT2D eigenvalue weighted by atomic mass is 10.1. The van der Waals surface area contributed by atoms with Crippen molar-refractivity contribution in [3.05, 3.63) is 84.1 Å². The van der Waals surface area contributed by atoms with Crippen molar-refractivity contribution >= 4 is 17.7 Å². The molecule has 0 radical (unpaired) electrons. The van der Waals surface area contributed by atoms with Crippen LogP contribution < -0.4 is 10.1 Å². The summed E-state index contributed by atoms with van der Waals surface area (Å²) in [6.45, 7) is 3.64. The SMILES string of the molecule is CN(CCOc1cccc(CNC(=O)c2ccc(Sc3ccccn3)cc2)c1)C1CCOCC1. The predicted octanol–water partition coefficient (Wildman–Crippen LogP) is 4.65. The number of hydrogen-bond acceptors (Lipinski definition) is 6. The van der Waals surface area contributed by atoms with E-state index in [4.69, 9.17) is 9.47 Å².